The zero-order valence-corrected chi connectivity index (χ0v) is 9.88. The molecule has 0 saturated carbocycles. The number of carbonyl (C=O) groups is 1. The van der Waals surface area contributed by atoms with Gasteiger partial charge in [-0.3, -0.25) is 4.79 Å². The van der Waals surface area contributed by atoms with Gasteiger partial charge in [0.15, 0.2) is 0 Å². The summed E-state index contributed by atoms with van der Waals surface area (Å²) >= 11 is 0. The molecule has 0 unspecified atom stereocenters. The number of nitrogens with zero attached hydrogens (tertiary/aromatic N) is 4. The summed E-state index contributed by atoms with van der Waals surface area (Å²) in [6.07, 6.45) is 2.56. The van der Waals surface area contributed by atoms with Crippen molar-refractivity contribution < 1.29 is 9.53 Å². The zero-order chi connectivity index (χ0) is 12.7. The van der Waals surface area contributed by atoms with Crippen LogP contribution in [0.2, 0.25) is 0 Å². The van der Waals surface area contributed by atoms with Crippen LogP contribution in [0.4, 0.5) is 5.95 Å². The Bertz CT molecular complexity index is 428. The highest BCUT2D eigenvalue weighted by atomic mass is 16.5. The number of methoxy groups -OCH3 is 1. The van der Waals surface area contributed by atoms with Crippen LogP contribution in [-0.2, 0) is 9.53 Å². The first kappa shape index (κ1) is 12.9. The first-order valence-corrected chi connectivity index (χ1v) is 5.18. The van der Waals surface area contributed by atoms with E-state index in [2.05, 4.69) is 14.7 Å². The van der Waals surface area contributed by atoms with Crippen LogP contribution in [0.1, 0.15) is 18.5 Å². The van der Waals surface area contributed by atoms with Crippen molar-refractivity contribution in [3.05, 3.63) is 18.0 Å². The number of ether oxygens (including phenoxy) is 1. The van der Waals surface area contributed by atoms with Crippen LogP contribution < -0.4 is 4.90 Å². The van der Waals surface area contributed by atoms with E-state index in [4.69, 9.17) is 5.26 Å². The van der Waals surface area contributed by atoms with E-state index in [1.807, 2.05) is 13.1 Å². The Morgan fingerprint density at radius 2 is 2.41 bits per heavy atom. The Kier molecular flexibility index (Phi) is 4.88. The maximum absolute atomic E-state index is 10.9. The molecule has 0 N–H and O–H groups in total. The molecule has 0 bridgehead atoms. The second-order valence-corrected chi connectivity index (χ2v) is 3.45. The van der Waals surface area contributed by atoms with E-state index < -0.39 is 0 Å². The van der Waals surface area contributed by atoms with Crippen LogP contribution in [0, 0.1) is 11.3 Å². The van der Waals surface area contributed by atoms with Crippen molar-refractivity contribution >= 4 is 11.9 Å². The van der Waals surface area contributed by atoms with Gasteiger partial charge in [0.25, 0.3) is 0 Å². The lowest BCUT2D eigenvalue weighted by Crippen LogP contribution is -2.22. The Morgan fingerprint density at radius 3 is 3.06 bits per heavy atom. The fraction of sp³-hybridized carbons (Fsp3) is 0.455. The summed E-state index contributed by atoms with van der Waals surface area (Å²) in [4.78, 5) is 20.8. The average Bonchev–Trinajstić information content (AvgIpc) is 2.38. The Balaban J connectivity index is 2.49. The summed E-state index contributed by atoms with van der Waals surface area (Å²) < 4.78 is 4.54. The number of aromatic nitrogens is 2. The van der Waals surface area contributed by atoms with Crippen LogP contribution in [-0.4, -0.2) is 36.6 Å². The van der Waals surface area contributed by atoms with E-state index in [1.165, 1.54) is 13.3 Å². The standard InChI is InChI=1S/C11H14N4O2/c1-15(7-3-4-10(16)17-2)11-13-6-5-9(8-12)14-11/h5-6H,3-4,7H2,1-2H3. The lowest BCUT2D eigenvalue weighted by Gasteiger charge is -2.16. The van der Waals surface area contributed by atoms with E-state index in [0.29, 0.717) is 31.0 Å². The van der Waals surface area contributed by atoms with Crippen LogP contribution in [0.25, 0.3) is 0 Å². The molecule has 0 atom stereocenters. The molecule has 1 aromatic rings. The van der Waals surface area contributed by atoms with E-state index in [9.17, 15) is 4.79 Å². The van der Waals surface area contributed by atoms with Gasteiger partial charge in [0.2, 0.25) is 5.95 Å². The fourth-order valence-corrected chi connectivity index (χ4v) is 1.26. The molecule has 90 valence electrons. The van der Waals surface area contributed by atoms with Crippen molar-refractivity contribution in [2.24, 2.45) is 0 Å². The van der Waals surface area contributed by atoms with Gasteiger partial charge in [-0.25, -0.2) is 9.97 Å². The highest BCUT2D eigenvalue weighted by Gasteiger charge is 2.06. The maximum Gasteiger partial charge on any atom is 0.305 e. The molecule has 1 rings (SSSR count). The molecule has 17 heavy (non-hydrogen) atoms. The summed E-state index contributed by atoms with van der Waals surface area (Å²) in [7, 11) is 3.18. The van der Waals surface area contributed by atoms with Crippen molar-refractivity contribution in [1.82, 2.24) is 9.97 Å². The number of carbonyl (C=O) groups excluding carboxylic acids is 1. The van der Waals surface area contributed by atoms with E-state index in [-0.39, 0.29) is 5.97 Å². The first-order valence-electron chi connectivity index (χ1n) is 5.18. The minimum Gasteiger partial charge on any atom is -0.469 e. The SMILES string of the molecule is COC(=O)CCCN(C)c1nccc(C#N)n1. The van der Waals surface area contributed by atoms with Gasteiger partial charge in [-0.2, -0.15) is 5.26 Å². The number of esters is 1. The highest BCUT2D eigenvalue weighted by Crippen LogP contribution is 2.06. The molecule has 0 spiro atoms. The average molecular weight is 234 g/mol. The van der Waals surface area contributed by atoms with Crippen molar-refractivity contribution in [1.29, 1.82) is 5.26 Å². The lowest BCUT2D eigenvalue weighted by molar-refractivity contribution is -0.140. The molecular formula is C11H14N4O2. The van der Waals surface area contributed by atoms with Gasteiger partial charge in [0.1, 0.15) is 11.8 Å². The quantitative estimate of drug-likeness (QED) is 0.699. The summed E-state index contributed by atoms with van der Waals surface area (Å²) in [5, 5.41) is 8.70. The van der Waals surface area contributed by atoms with Crippen LogP contribution >= 0.6 is 0 Å². The molecule has 1 heterocycles. The Morgan fingerprint density at radius 1 is 1.65 bits per heavy atom. The third-order valence-electron chi connectivity index (χ3n) is 2.20. The number of hydrogen-bond donors (Lipinski definition) is 0. The smallest absolute Gasteiger partial charge is 0.305 e. The summed E-state index contributed by atoms with van der Waals surface area (Å²) in [5.74, 6) is 0.249. The third kappa shape index (κ3) is 4.07. The zero-order valence-electron chi connectivity index (χ0n) is 9.88. The molecule has 0 amide bonds. The minimum atomic E-state index is -0.231. The third-order valence-corrected chi connectivity index (χ3v) is 2.20. The van der Waals surface area contributed by atoms with E-state index >= 15 is 0 Å². The van der Waals surface area contributed by atoms with Gasteiger partial charge in [-0.05, 0) is 12.5 Å². The topological polar surface area (TPSA) is 79.1 Å². The number of anilines is 1. The molecule has 6 heteroatoms. The number of nitriles is 1. The number of rotatable bonds is 5. The summed E-state index contributed by atoms with van der Waals surface area (Å²) in [5.41, 5.74) is 0.329. The maximum atomic E-state index is 10.9. The van der Waals surface area contributed by atoms with Gasteiger partial charge >= 0.3 is 5.97 Å². The molecule has 0 aromatic carbocycles. The fourth-order valence-electron chi connectivity index (χ4n) is 1.26. The molecule has 0 radical (unpaired) electrons. The predicted octanol–water partition coefficient (Wildman–Crippen LogP) is 0.738. The van der Waals surface area contributed by atoms with Crippen molar-refractivity contribution in [2.75, 3.05) is 25.6 Å². The Labute approximate surface area is 99.9 Å². The molecule has 0 saturated heterocycles. The minimum absolute atomic E-state index is 0.231. The second kappa shape index (κ2) is 6.43. The second-order valence-electron chi connectivity index (χ2n) is 3.45. The molecule has 0 aliphatic heterocycles. The first-order chi connectivity index (χ1) is 8.17. The van der Waals surface area contributed by atoms with E-state index in [1.54, 1.807) is 11.0 Å². The monoisotopic (exact) mass is 234 g/mol. The molecule has 0 aliphatic rings. The molecule has 1 aromatic heterocycles. The Hall–Kier alpha value is -2.16. The van der Waals surface area contributed by atoms with Gasteiger partial charge in [-0.15, -0.1) is 0 Å². The lowest BCUT2D eigenvalue weighted by atomic mass is 10.3. The largest absolute Gasteiger partial charge is 0.469 e. The summed E-state index contributed by atoms with van der Waals surface area (Å²) in [6, 6.07) is 3.50. The van der Waals surface area contributed by atoms with Crippen molar-refractivity contribution in [2.45, 2.75) is 12.8 Å². The number of hydrogen-bond acceptors (Lipinski definition) is 6. The van der Waals surface area contributed by atoms with E-state index in [0.717, 1.165) is 0 Å². The van der Waals surface area contributed by atoms with Crippen LogP contribution in [0.5, 0.6) is 0 Å². The molecular weight excluding hydrogens is 220 g/mol. The van der Waals surface area contributed by atoms with Gasteiger partial charge < -0.3 is 9.64 Å². The van der Waals surface area contributed by atoms with Gasteiger partial charge in [-0.1, -0.05) is 0 Å². The van der Waals surface area contributed by atoms with Gasteiger partial charge in [0, 0.05) is 26.2 Å². The molecule has 0 fully saturated rings. The summed E-state index contributed by atoms with van der Waals surface area (Å²) in [6.45, 7) is 0.629. The molecule has 0 aliphatic carbocycles. The van der Waals surface area contributed by atoms with Crippen molar-refractivity contribution in [3.8, 4) is 6.07 Å². The van der Waals surface area contributed by atoms with Crippen molar-refractivity contribution in [3.63, 3.8) is 0 Å². The van der Waals surface area contributed by atoms with Crippen LogP contribution in [0.3, 0.4) is 0 Å². The highest BCUT2D eigenvalue weighted by molar-refractivity contribution is 5.69. The van der Waals surface area contributed by atoms with Gasteiger partial charge in [0.05, 0.1) is 7.11 Å². The molecule has 6 nitrogen and oxygen atoms in total. The predicted molar refractivity (Wildman–Crippen MR) is 61.3 cm³/mol. The normalized spacial score (nSPS) is 9.47. The van der Waals surface area contributed by atoms with Crippen LogP contribution in [0.15, 0.2) is 12.3 Å².